The molecule has 1 aliphatic rings. The Morgan fingerprint density at radius 2 is 1.79 bits per heavy atom. The van der Waals surface area contributed by atoms with Crippen LogP contribution in [0.4, 0.5) is 5.69 Å². The summed E-state index contributed by atoms with van der Waals surface area (Å²) in [6, 6.07) is 23.8. The van der Waals surface area contributed by atoms with Gasteiger partial charge in [0.25, 0.3) is 0 Å². The molecule has 0 N–H and O–H groups in total. The van der Waals surface area contributed by atoms with E-state index in [0.717, 1.165) is 29.0 Å². The minimum Gasteiger partial charge on any atom is -0.490 e. The Bertz CT molecular complexity index is 1280. The summed E-state index contributed by atoms with van der Waals surface area (Å²) in [7, 11) is 0. The van der Waals surface area contributed by atoms with Crippen molar-refractivity contribution in [2.24, 2.45) is 0 Å². The van der Waals surface area contributed by atoms with E-state index >= 15 is 0 Å². The van der Waals surface area contributed by atoms with Gasteiger partial charge >= 0.3 is 0 Å². The van der Waals surface area contributed by atoms with Gasteiger partial charge in [-0.15, -0.1) is 0 Å². The van der Waals surface area contributed by atoms with Gasteiger partial charge < -0.3 is 14.2 Å². The summed E-state index contributed by atoms with van der Waals surface area (Å²) in [5.74, 6) is 1.76. The maximum atomic E-state index is 12.9. The van der Waals surface area contributed by atoms with Crippen molar-refractivity contribution in [1.29, 1.82) is 0 Å². The van der Waals surface area contributed by atoms with Crippen LogP contribution in [0.1, 0.15) is 30.7 Å². The normalized spacial score (nSPS) is 16.0. The number of aromatic nitrogens is 2. The first-order valence-corrected chi connectivity index (χ1v) is 11.7. The van der Waals surface area contributed by atoms with E-state index in [1.54, 1.807) is 0 Å². The first kappa shape index (κ1) is 21.5. The zero-order chi connectivity index (χ0) is 22.8. The van der Waals surface area contributed by atoms with Gasteiger partial charge in [0.15, 0.2) is 0 Å². The number of benzene rings is 3. The first-order chi connectivity index (χ1) is 16.1. The lowest BCUT2D eigenvalue weighted by Gasteiger charge is -2.18. The molecular formula is C27H26ClN3O2. The molecule has 33 heavy (non-hydrogen) atoms. The Balaban J connectivity index is 1.39. The molecule has 0 spiro atoms. The number of halogens is 1. The Hall–Kier alpha value is -3.31. The van der Waals surface area contributed by atoms with Gasteiger partial charge in [-0.3, -0.25) is 4.79 Å². The summed E-state index contributed by atoms with van der Waals surface area (Å²) >= 11 is 6.24. The van der Waals surface area contributed by atoms with Crippen LogP contribution in [0.15, 0.2) is 72.8 Å². The predicted octanol–water partition coefficient (Wildman–Crippen LogP) is 5.85. The molecule has 1 atom stereocenters. The molecule has 0 bridgehead atoms. The van der Waals surface area contributed by atoms with Crippen molar-refractivity contribution in [1.82, 2.24) is 9.55 Å². The molecule has 1 saturated heterocycles. The summed E-state index contributed by atoms with van der Waals surface area (Å²) < 4.78 is 8.14. The molecule has 3 aromatic carbocycles. The van der Waals surface area contributed by atoms with E-state index in [-0.39, 0.29) is 11.8 Å². The average molecular weight is 460 g/mol. The smallest absolute Gasteiger partial charge is 0.227 e. The lowest BCUT2D eigenvalue weighted by molar-refractivity contribution is -0.117. The van der Waals surface area contributed by atoms with Crippen molar-refractivity contribution < 1.29 is 9.53 Å². The first-order valence-electron chi connectivity index (χ1n) is 11.4. The molecule has 2 heterocycles. The second-order valence-electron chi connectivity index (χ2n) is 8.31. The fourth-order valence-electron chi connectivity index (χ4n) is 4.49. The largest absolute Gasteiger partial charge is 0.490 e. The van der Waals surface area contributed by atoms with Gasteiger partial charge in [-0.2, -0.15) is 0 Å². The summed E-state index contributed by atoms with van der Waals surface area (Å²) in [4.78, 5) is 19.7. The van der Waals surface area contributed by atoms with Crippen molar-refractivity contribution in [3.63, 3.8) is 0 Å². The van der Waals surface area contributed by atoms with Crippen LogP contribution in [0.2, 0.25) is 5.02 Å². The van der Waals surface area contributed by atoms with Gasteiger partial charge in [-0.25, -0.2) is 4.98 Å². The maximum Gasteiger partial charge on any atom is 0.227 e. The molecule has 5 rings (SSSR count). The quantitative estimate of drug-likeness (QED) is 0.348. The Labute approximate surface area is 198 Å². The van der Waals surface area contributed by atoms with Crippen LogP contribution in [0.25, 0.3) is 11.0 Å². The number of para-hydroxylation sites is 3. The number of anilines is 1. The molecule has 0 radical (unpaired) electrons. The fraction of sp³-hybridized carbons (Fsp3) is 0.259. The molecule has 6 heteroatoms. The molecule has 5 nitrogen and oxygen atoms in total. The standard InChI is InChI=1S/C27H26ClN3O2/c1-2-19-11-13-21(14-12-19)31-18-20(17-26(31)32)27-29-23-8-4-5-9-24(23)30(27)15-16-33-25-10-6-3-7-22(25)28/h3-14,20H,2,15-18H2,1H3/t20-/m0/s1. The Morgan fingerprint density at radius 1 is 1.03 bits per heavy atom. The topological polar surface area (TPSA) is 47.4 Å². The molecule has 0 unspecified atom stereocenters. The van der Waals surface area contributed by atoms with Gasteiger partial charge in [-0.1, -0.05) is 54.9 Å². The van der Waals surface area contributed by atoms with Gasteiger partial charge in [0.05, 0.1) is 22.6 Å². The summed E-state index contributed by atoms with van der Waals surface area (Å²) in [5, 5.41) is 0.597. The van der Waals surface area contributed by atoms with E-state index in [1.165, 1.54) is 5.56 Å². The van der Waals surface area contributed by atoms with Crippen LogP contribution in [0.3, 0.4) is 0 Å². The Kier molecular flexibility index (Phi) is 6.05. The number of amides is 1. The average Bonchev–Trinajstić information content (AvgIpc) is 3.41. The number of imidazole rings is 1. The molecule has 1 amide bonds. The highest BCUT2D eigenvalue weighted by atomic mass is 35.5. The van der Waals surface area contributed by atoms with E-state index in [0.29, 0.717) is 36.9 Å². The summed E-state index contributed by atoms with van der Waals surface area (Å²) in [5.41, 5.74) is 4.20. The van der Waals surface area contributed by atoms with Crippen molar-refractivity contribution >= 4 is 34.2 Å². The van der Waals surface area contributed by atoms with E-state index < -0.39 is 0 Å². The number of rotatable bonds is 7. The maximum absolute atomic E-state index is 12.9. The van der Waals surface area contributed by atoms with E-state index in [2.05, 4.69) is 29.7 Å². The molecule has 1 fully saturated rings. The van der Waals surface area contributed by atoms with Crippen molar-refractivity contribution in [3.05, 3.63) is 89.2 Å². The van der Waals surface area contributed by atoms with Crippen molar-refractivity contribution in [2.75, 3.05) is 18.1 Å². The lowest BCUT2D eigenvalue weighted by Crippen LogP contribution is -2.24. The lowest BCUT2D eigenvalue weighted by atomic mass is 10.1. The van der Waals surface area contributed by atoms with Crippen LogP contribution in [-0.2, 0) is 17.8 Å². The third-order valence-electron chi connectivity index (χ3n) is 6.24. The van der Waals surface area contributed by atoms with Gasteiger partial charge in [0, 0.05) is 24.6 Å². The zero-order valence-corrected chi connectivity index (χ0v) is 19.3. The molecule has 1 aliphatic heterocycles. The van der Waals surface area contributed by atoms with Crippen LogP contribution in [0, 0.1) is 0 Å². The van der Waals surface area contributed by atoms with Crippen molar-refractivity contribution in [3.8, 4) is 5.75 Å². The fourth-order valence-corrected chi connectivity index (χ4v) is 4.68. The van der Waals surface area contributed by atoms with Crippen LogP contribution in [0.5, 0.6) is 5.75 Å². The second-order valence-corrected chi connectivity index (χ2v) is 8.72. The van der Waals surface area contributed by atoms with Crippen LogP contribution < -0.4 is 9.64 Å². The molecule has 0 aliphatic carbocycles. The monoisotopic (exact) mass is 459 g/mol. The van der Waals surface area contributed by atoms with E-state index in [1.807, 2.05) is 59.5 Å². The summed E-state index contributed by atoms with van der Waals surface area (Å²) in [6.07, 6.45) is 1.43. The number of hydrogen-bond acceptors (Lipinski definition) is 3. The van der Waals surface area contributed by atoms with Crippen LogP contribution >= 0.6 is 11.6 Å². The molecular weight excluding hydrogens is 434 g/mol. The third-order valence-corrected chi connectivity index (χ3v) is 6.55. The predicted molar refractivity (Wildman–Crippen MR) is 132 cm³/mol. The third kappa shape index (κ3) is 4.33. The minimum atomic E-state index is 0.0241. The van der Waals surface area contributed by atoms with E-state index in [9.17, 15) is 4.79 Å². The molecule has 1 aromatic heterocycles. The number of ether oxygens (including phenoxy) is 1. The highest BCUT2D eigenvalue weighted by Crippen LogP contribution is 2.33. The number of fused-ring (bicyclic) bond motifs is 1. The number of carbonyl (C=O) groups is 1. The number of nitrogens with zero attached hydrogens (tertiary/aromatic N) is 3. The second kappa shape index (κ2) is 9.28. The van der Waals surface area contributed by atoms with Crippen LogP contribution in [-0.4, -0.2) is 28.6 Å². The highest BCUT2D eigenvalue weighted by Gasteiger charge is 2.34. The SMILES string of the molecule is CCc1ccc(N2C[C@@H](c3nc4ccccc4n3CCOc3ccccc3Cl)CC2=O)cc1. The molecule has 0 saturated carbocycles. The summed E-state index contributed by atoms with van der Waals surface area (Å²) in [6.45, 7) is 3.84. The Morgan fingerprint density at radius 3 is 2.58 bits per heavy atom. The molecule has 168 valence electrons. The molecule has 4 aromatic rings. The number of hydrogen-bond donors (Lipinski definition) is 0. The number of aryl methyl sites for hydroxylation is 1. The number of carbonyl (C=O) groups excluding carboxylic acids is 1. The van der Waals surface area contributed by atoms with E-state index in [4.69, 9.17) is 21.3 Å². The highest BCUT2D eigenvalue weighted by molar-refractivity contribution is 6.32. The van der Waals surface area contributed by atoms with Gasteiger partial charge in [0.1, 0.15) is 18.2 Å². The zero-order valence-electron chi connectivity index (χ0n) is 18.6. The van der Waals surface area contributed by atoms with Gasteiger partial charge in [-0.05, 0) is 48.4 Å². The minimum absolute atomic E-state index is 0.0241. The van der Waals surface area contributed by atoms with Crippen molar-refractivity contribution in [2.45, 2.75) is 32.2 Å². The van der Waals surface area contributed by atoms with Gasteiger partial charge in [0.2, 0.25) is 5.91 Å².